The summed E-state index contributed by atoms with van der Waals surface area (Å²) in [6.45, 7) is 6.62. The zero-order chi connectivity index (χ0) is 13.2. The lowest BCUT2D eigenvalue weighted by Crippen LogP contribution is -2.20. The molecule has 0 fully saturated rings. The largest absolute Gasteiger partial charge is 0.497 e. The van der Waals surface area contributed by atoms with Crippen molar-refractivity contribution in [2.24, 2.45) is 5.92 Å². The molecule has 0 aliphatic carbocycles. The molecule has 18 heavy (non-hydrogen) atoms. The van der Waals surface area contributed by atoms with E-state index in [0.29, 0.717) is 0 Å². The van der Waals surface area contributed by atoms with Crippen LogP contribution in [0.1, 0.15) is 25.8 Å². The maximum atomic E-state index is 5.20. The molecule has 0 aromatic heterocycles. The number of hydrogen-bond donors (Lipinski definition) is 1. The van der Waals surface area contributed by atoms with Gasteiger partial charge in [0.2, 0.25) is 0 Å². The number of nitrogens with one attached hydrogen (secondary N) is 1. The molecule has 100 valence electrons. The molecular formula is C16H25NO. The van der Waals surface area contributed by atoms with Crippen molar-refractivity contribution < 1.29 is 4.74 Å². The van der Waals surface area contributed by atoms with E-state index < -0.39 is 0 Å². The molecule has 1 N–H and O–H groups in total. The number of allylic oxidation sites excluding steroid dienone is 1. The monoisotopic (exact) mass is 247 g/mol. The summed E-state index contributed by atoms with van der Waals surface area (Å²) in [5.74, 6) is 1.66. The zero-order valence-corrected chi connectivity index (χ0v) is 11.8. The van der Waals surface area contributed by atoms with Gasteiger partial charge in [-0.25, -0.2) is 0 Å². The van der Waals surface area contributed by atoms with Crippen LogP contribution in [0.15, 0.2) is 36.4 Å². The second-order valence-electron chi connectivity index (χ2n) is 4.91. The van der Waals surface area contributed by atoms with Crippen LogP contribution >= 0.6 is 0 Å². The number of hydrogen-bond acceptors (Lipinski definition) is 2. The fourth-order valence-corrected chi connectivity index (χ4v) is 1.71. The van der Waals surface area contributed by atoms with Gasteiger partial charge in [0.15, 0.2) is 0 Å². The lowest BCUT2D eigenvalue weighted by Gasteiger charge is -2.05. The molecule has 0 unspecified atom stereocenters. The van der Waals surface area contributed by atoms with E-state index in [0.717, 1.165) is 37.6 Å². The highest BCUT2D eigenvalue weighted by molar-refractivity contribution is 5.29. The van der Waals surface area contributed by atoms with Crippen molar-refractivity contribution in [2.45, 2.75) is 26.7 Å². The number of methoxy groups -OCH3 is 1. The van der Waals surface area contributed by atoms with Gasteiger partial charge >= 0.3 is 0 Å². The fourth-order valence-electron chi connectivity index (χ4n) is 1.71. The molecule has 0 aliphatic rings. The van der Waals surface area contributed by atoms with E-state index in [9.17, 15) is 0 Å². The zero-order valence-electron chi connectivity index (χ0n) is 11.8. The van der Waals surface area contributed by atoms with Gasteiger partial charge in [-0.3, -0.25) is 0 Å². The highest BCUT2D eigenvalue weighted by Gasteiger charge is 1.93. The van der Waals surface area contributed by atoms with Gasteiger partial charge in [0, 0.05) is 0 Å². The van der Waals surface area contributed by atoms with Crippen LogP contribution in [0.3, 0.4) is 0 Å². The SMILES string of the molecule is COc1cccc(CC=CCCNCC(C)C)c1. The standard InChI is InChI=1S/C16H25NO/c1-14(2)13-17-11-6-4-5-8-15-9-7-10-16(12-15)18-3/h4-5,7,9-10,12,14,17H,6,8,11,13H2,1-3H3. The van der Waals surface area contributed by atoms with Crippen LogP contribution in [-0.4, -0.2) is 20.2 Å². The highest BCUT2D eigenvalue weighted by atomic mass is 16.5. The van der Waals surface area contributed by atoms with Gasteiger partial charge in [-0.2, -0.15) is 0 Å². The molecule has 0 atom stereocenters. The summed E-state index contributed by atoms with van der Waals surface area (Å²) in [6, 6.07) is 8.22. The van der Waals surface area contributed by atoms with Gasteiger partial charge in [-0.15, -0.1) is 0 Å². The minimum atomic E-state index is 0.728. The van der Waals surface area contributed by atoms with Crippen molar-refractivity contribution in [3.63, 3.8) is 0 Å². The minimum Gasteiger partial charge on any atom is -0.497 e. The summed E-state index contributed by atoms with van der Waals surface area (Å²) in [6.07, 6.45) is 6.54. The maximum Gasteiger partial charge on any atom is 0.119 e. The Kier molecular flexibility index (Phi) is 7.19. The van der Waals surface area contributed by atoms with Gasteiger partial charge < -0.3 is 10.1 Å². The van der Waals surface area contributed by atoms with E-state index in [1.165, 1.54) is 5.56 Å². The average Bonchev–Trinajstić information content (AvgIpc) is 2.37. The van der Waals surface area contributed by atoms with Gasteiger partial charge in [0.1, 0.15) is 5.75 Å². The molecule has 0 amide bonds. The Hall–Kier alpha value is -1.28. The molecule has 0 saturated carbocycles. The van der Waals surface area contributed by atoms with Crippen LogP contribution in [0.5, 0.6) is 5.75 Å². The Morgan fingerprint density at radius 2 is 2.11 bits per heavy atom. The fraction of sp³-hybridized carbons (Fsp3) is 0.500. The molecule has 0 spiro atoms. The van der Waals surface area contributed by atoms with Crippen LogP contribution in [0.4, 0.5) is 0 Å². The van der Waals surface area contributed by atoms with Crippen LogP contribution in [0.25, 0.3) is 0 Å². The Bertz CT molecular complexity index is 358. The maximum absolute atomic E-state index is 5.20. The molecular weight excluding hydrogens is 222 g/mol. The Morgan fingerprint density at radius 3 is 2.83 bits per heavy atom. The molecule has 0 saturated heterocycles. The molecule has 0 radical (unpaired) electrons. The third-order valence-electron chi connectivity index (χ3n) is 2.69. The molecule has 1 aromatic rings. The van der Waals surface area contributed by atoms with Gasteiger partial charge in [-0.1, -0.05) is 38.1 Å². The van der Waals surface area contributed by atoms with Crippen molar-refractivity contribution in [3.05, 3.63) is 42.0 Å². The van der Waals surface area contributed by atoms with Crippen LogP contribution in [-0.2, 0) is 6.42 Å². The van der Waals surface area contributed by atoms with Crippen molar-refractivity contribution in [1.29, 1.82) is 0 Å². The van der Waals surface area contributed by atoms with Crippen molar-refractivity contribution in [3.8, 4) is 5.75 Å². The average molecular weight is 247 g/mol. The molecule has 0 aliphatic heterocycles. The van der Waals surface area contributed by atoms with E-state index in [1.807, 2.05) is 12.1 Å². The van der Waals surface area contributed by atoms with Crippen molar-refractivity contribution in [1.82, 2.24) is 5.32 Å². The summed E-state index contributed by atoms with van der Waals surface area (Å²) < 4.78 is 5.20. The van der Waals surface area contributed by atoms with E-state index in [4.69, 9.17) is 4.74 Å². The summed E-state index contributed by atoms with van der Waals surface area (Å²) in [5, 5.41) is 3.43. The first-order chi connectivity index (χ1) is 8.72. The van der Waals surface area contributed by atoms with Crippen LogP contribution < -0.4 is 10.1 Å². The molecule has 1 rings (SSSR count). The molecule has 1 aromatic carbocycles. The first-order valence-corrected chi connectivity index (χ1v) is 6.71. The quantitative estimate of drug-likeness (QED) is 0.561. The number of rotatable bonds is 8. The van der Waals surface area contributed by atoms with E-state index in [2.05, 4.69) is 43.4 Å². The molecule has 0 heterocycles. The normalized spacial score (nSPS) is 11.3. The Morgan fingerprint density at radius 1 is 1.28 bits per heavy atom. The van der Waals surface area contributed by atoms with Crippen molar-refractivity contribution in [2.75, 3.05) is 20.2 Å². The molecule has 2 nitrogen and oxygen atoms in total. The minimum absolute atomic E-state index is 0.728. The first kappa shape index (κ1) is 14.8. The smallest absolute Gasteiger partial charge is 0.119 e. The third kappa shape index (κ3) is 6.45. The third-order valence-corrected chi connectivity index (χ3v) is 2.69. The van der Waals surface area contributed by atoms with Gasteiger partial charge in [0.05, 0.1) is 7.11 Å². The second kappa shape index (κ2) is 8.76. The predicted molar refractivity (Wildman–Crippen MR) is 78.2 cm³/mol. The second-order valence-corrected chi connectivity index (χ2v) is 4.91. The van der Waals surface area contributed by atoms with Gasteiger partial charge in [-0.05, 0) is 49.5 Å². The highest BCUT2D eigenvalue weighted by Crippen LogP contribution is 2.13. The summed E-state index contributed by atoms with van der Waals surface area (Å²) >= 11 is 0. The number of ether oxygens (including phenoxy) is 1. The van der Waals surface area contributed by atoms with E-state index >= 15 is 0 Å². The Balaban J connectivity index is 2.19. The number of benzene rings is 1. The topological polar surface area (TPSA) is 21.3 Å². The van der Waals surface area contributed by atoms with E-state index in [1.54, 1.807) is 7.11 Å². The van der Waals surface area contributed by atoms with Crippen LogP contribution in [0, 0.1) is 5.92 Å². The van der Waals surface area contributed by atoms with Crippen molar-refractivity contribution >= 4 is 0 Å². The van der Waals surface area contributed by atoms with Gasteiger partial charge in [0.25, 0.3) is 0 Å². The van der Waals surface area contributed by atoms with E-state index in [-0.39, 0.29) is 0 Å². The summed E-state index contributed by atoms with van der Waals surface area (Å²) in [7, 11) is 1.70. The lowest BCUT2D eigenvalue weighted by molar-refractivity contribution is 0.414. The first-order valence-electron chi connectivity index (χ1n) is 6.71. The lowest BCUT2D eigenvalue weighted by atomic mass is 10.1. The molecule has 2 heteroatoms. The summed E-state index contributed by atoms with van der Waals surface area (Å²) in [4.78, 5) is 0. The van der Waals surface area contributed by atoms with Crippen LogP contribution in [0.2, 0.25) is 0 Å². The summed E-state index contributed by atoms with van der Waals surface area (Å²) in [5.41, 5.74) is 1.29. The molecule has 0 bridgehead atoms. The predicted octanol–water partition coefficient (Wildman–Crippen LogP) is 3.43. The Labute approximate surface area is 111 Å².